The number of alkyl halides is 3. The molecule has 2 unspecified atom stereocenters. The van der Waals surface area contributed by atoms with Gasteiger partial charge in [0.15, 0.2) is 5.13 Å². The largest absolute Gasteiger partial charge is 0.417 e. The van der Waals surface area contributed by atoms with E-state index in [-0.39, 0.29) is 18.5 Å². The van der Waals surface area contributed by atoms with Gasteiger partial charge in [0.05, 0.1) is 16.7 Å². The molecule has 33 heavy (non-hydrogen) atoms. The Balaban J connectivity index is 1.51. The van der Waals surface area contributed by atoms with Crippen molar-refractivity contribution in [3.63, 3.8) is 0 Å². The molecule has 0 radical (unpaired) electrons. The molecule has 1 aliphatic carbocycles. The van der Waals surface area contributed by atoms with Crippen LogP contribution in [0.2, 0.25) is 0 Å². The average molecular weight is 482 g/mol. The van der Waals surface area contributed by atoms with Crippen molar-refractivity contribution in [3.8, 4) is 0 Å². The monoisotopic (exact) mass is 481 g/mol. The van der Waals surface area contributed by atoms with Gasteiger partial charge in [0.1, 0.15) is 0 Å². The van der Waals surface area contributed by atoms with Crippen LogP contribution < -0.4 is 11.1 Å². The number of nitrogens with zero attached hydrogens (tertiary/aromatic N) is 3. The lowest BCUT2D eigenvalue weighted by molar-refractivity contribution is -0.137. The highest BCUT2D eigenvalue weighted by atomic mass is 32.1. The Morgan fingerprint density at radius 3 is 2.61 bits per heavy atom. The third-order valence-corrected chi connectivity index (χ3v) is 7.59. The molecule has 0 aromatic carbocycles. The maximum absolute atomic E-state index is 13.5. The number of pyridine rings is 1. The lowest BCUT2D eigenvalue weighted by Gasteiger charge is -2.32. The first-order chi connectivity index (χ1) is 15.8. The zero-order valence-corrected chi connectivity index (χ0v) is 19.4. The number of likely N-dealkylation sites (tertiary alicyclic amines) is 1. The summed E-state index contributed by atoms with van der Waals surface area (Å²) >= 11 is 1.31. The van der Waals surface area contributed by atoms with Crippen LogP contribution >= 0.6 is 11.3 Å². The zero-order valence-electron chi connectivity index (χ0n) is 18.5. The molecule has 2 fully saturated rings. The van der Waals surface area contributed by atoms with Gasteiger partial charge in [-0.25, -0.2) is 4.98 Å². The fourth-order valence-corrected chi connectivity index (χ4v) is 5.78. The molecule has 1 saturated heterocycles. The number of amides is 1. The smallest absolute Gasteiger partial charge is 0.375 e. The molecule has 2 atom stereocenters. The standard InChI is InChI=1S/C23H30F3N5OS/c24-23(25,26)17-10-16(12-28-14-17)13-29-20(32)22(19-15-33-21(27)30-19)7-6-18(11-22)31-8-4-2-1-3-5-9-31/h10,12,14-15,18H,1-9,11,13H2,(H2,27,30)(H,29,32). The van der Waals surface area contributed by atoms with Crippen LogP contribution in [-0.4, -0.2) is 39.9 Å². The third kappa shape index (κ3) is 5.48. The second kappa shape index (κ2) is 9.97. The van der Waals surface area contributed by atoms with Crippen molar-refractivity contribution in [1.29, 1.82) is 0 Å². The highest BCUT2D eigenvalue weighted by molar-refractivity contribution is 7.13. The summed E-state index contributed by atoms with van der Waals surface area (Å²) in [5.41, 5.74) is 5.22. The quantitative estimate of drug-likeness (QED) is 0.656. The van der Waals surface area contributed by atoms with Crippen molar-refractivity contribution in [3.05, 3.63) is 40.7 Å². The summed E-state index contributed by atoms with van der Waals surface area (Å²) in [4.78, 5) is 24.2. The van der Waals surface area contributed by atoms with Crippen molar-refractivity contribution < 1.29 is 18.0 Å². The molecular formula is C23H30F3N5OS. The first kappa shape index (κ1) is 23.9. The van der Waals surface area contributed by atoms with E-state index < -0.39 is 17.2 Å². The van der Waals surface area contributed by atoms with Crippen LogP contribution in [0.3, 0.4) is 0 Å². The van der Waals surface area contributed by atoms with Crippen LogP contribution in [0.1, 0.15) is 68.2 Å². The van der Waals surface area contributed by atoms with Crippen molar-refractivity contribution in [2.24, 2.45) is 0 Å². The molecule has 3 heterocycles. The van der Waals surface area contributed by atoms with Crippen LogP contribution in [0.25, 0.3) is 0 Å². The minimum absolute atomic E-state index is 0.0223. The number of hydrogen-bond acceptors (Lipinski definition) is 6. The number of nitrogens with two attached hydrogens (primary N) is 1. The minimum Gasteiger partial charge on any atom is -0.375 e. The third-order valence-electron chi connectivity index (χ3n) is 6.92. The molecule has 1 amide bonds. The molecule has 6 nitrogen and oxygen atoms in total. The summed E-state index contributed by atoms with van der Waals surface area (Å²) in [5.74, 6) is -0.209. The number of carbonyl (C=O) groups excluding carboxylic acids is 1. The number of nitrogen functional groups attached to an aromatic ring is 1. The van der Waals surface area contributed by atoms with Gasteiger partial charge in [0.25, 0.3) is 0 Å². The molecule has 10 heteroatoms. The molecule has 180 valence electrons. The SMILES string of the molecule is Nc1nc(C2(C(=O)NCc3cncc(C(F)(F)F)c3)CCC(N3CCCCCCC3)C2)cs1. The number of nitrogens with one attached hydrogen (secondary N) is 1. The summed E-state index contributed by atoms with van der Waals surface area (Å²) in [6.07, 6.45) is 5.93. The molecule has 0 spiro atoms. The number of thiazole rings is 1. The Kier molecular flexibility index (Phi) is 7.23. The molecule has 2 aliphatic rings. The number of aromatic nitrogens is 2. The number of halogens is 3. The number of anilines is 1. The van der Waals surface area contributed by atoms with Crippen LogP contribution in [0.4, 0.5) is 18.3 Å². The summed E-state index contributed by atoms with van der Waals surface area (Å²) < 4.78 is 39.1. The summed E-state index contributed by atoms with van der Waals surface area (Å²) in [7, 11) is 0. The first-order valence-corrected chi connectivity index (χ1v) is 12.4. The predicted molar refractivity (Wildman–Crippen MR) is 122 cm³/mol. The fourth-order valence-electron chi connectivity index (χ4n) is 5.12. The molecular weight excluding hydrogens is 451 g/mol. The van der Waals surface area contributed by atoms with Gasteiger partial charge in [-0.05, 0) is 56.8 Å². The highest BCUT2D eigenvalue weighted by Crippen LogP contribution is 2.44. The van der Waals surface area contributed by atoms with Gasteiger partial charge in [0.2, 0.25) is 5.91 Å². The van der Waals surface area contributed by atoms with Crippen LogP contribution in [0.15, 0.2) is 23.8 Å². The molecule has 1 saturated carbocycles. The lowest BCUT2D eigenvalue weighted by Crippen LogP contribution is -2.45. The van der Waals surface area contributed by atoms with Gasteiger partial charge >= 0.3 is 6.18 Å². The van der Waals surface area contributed by atoms with E-state index >= 15 is 0 Å². The van der Waals surface area contributed by atoms with Crippen LogP contribution in [0.5, 0.6) is 0 Å². The molecule has 2 aromatic rings. The number of rotatable bonds is 5. The zero-order chi connectivity index (χ0) is 23.5. The normalized spacial score (nSPS) is 24.9. The van der Waals surface area contributed by atoms with E-state index in [1.807, 2.05) is 5.38 Å². The fraction of sp³-hybridized carbons (Fsp3) is 0.609. The van der Waals surface area contributed by atoms with Crippen LogP contribution in [-0.2, 0) is 22.9 Å². The maximum atomic E-state index is 13.5. The molecule has 0 bridgehead atoms. The Morgan fingerprint density at radius 1 is 1.21 bits per heavy atom. The summed E-state index contributed by atoms with van der Waals surface area (Å²) in [6.45, 7) is 2.06. The maximum Gasteiger partial charge on any atom is 0.417 e. The average Bonchev–Trinajstić information content (AvgIpc) is 3.39. The molecule has 2 aromatic heterocycles. The Hall–Kier alpha value is -2.20. The molecule has 1 aliphatic heterocycles. The van der Waals surface area contributed by atoms with Crippen LogP contribution in [0, 0.1) is 0 Å². The van der Waals surface area contributed by atoms with Gasteiger partial charge in [-0.2, -0.15) is 13.2 Å². The van der Waals surface area contributed by atoms with Gasteiger partial charge < -0.3 is 16.0 Å². The summed E-state index contributed by atoms with van der Waals surface area (Å²) in [5, 5.41) is 5.13. The second-order valence-corrected chi connectivity index (χ2v) is 10.0. The van der Waals surface area contributed by atoms with E-state index in [1.165, 1.54) is 49.6 Å². The van der Waals surface area contributed by atoms with Crippen molar-refractivity contribution in [2.75, 3.05) is 18.8 Å². The molecule has 3 N–H and O–H groups in total. The van der Waals surface area contributed by atoms with Gasteiger partial charge in [-0.3, -0.25) is 9.78 Å². The second-order valence-electron chi connectivity index (χ2n) is 9.12. The predicted octanol–water partition coefficient (Wildman–Crippen LogP) is 4.51. The van der Waals surface area contributed by atoms with Crippen molar-refractivity contribution >= 4 is 22.4 Å². The van der Waals surface area contributed by atoms with Crippen molar-refractivity contribution in [2.45, 2.75) is 75.5 Å². The first-order valence-electron chi connectivity index (χ1n) is 11.5. The number of carbonyl (C=O) groups is 1. The van der Waals surface area contributed by atoms with E-state index in [9.17, 15) is 18.0 Å². The lowest BCUT2D eigenvalue weighted by atomic mass is 9.81. The highest BCUT2D eigenvalue weighted by Gasteiger charge is 2.49. The molecule has 4 rings (SSSR count). The van der Waals surface area contributed by atoms with Crippen molar-refractivity contribution in [1.82, 2.24) is 20.2 Å². The van der Waals surface area contributed by atoms with E-state index in [0.717, 1.165) is 31.8 Å². The van der Waals surface area contributed by atoms with Gasteiger partial charge in [-0.15, -0.1) is 11.3 Å². The Bertz CT molecular complexity index is 958. The van der Waals surface area contributed by atoms with Gasteiger partial charge in [-0.1, -0.05) is 19.3 Å². The van der Waals surface area contributed by atoms with E-state index in [1.54, 1.807) is 0 Å². The Labute approximate surface area is 195 Å². The van der Waals surface area contributed by atoms with E-state index in [2.05, 4.69) is 20.2 Å². The van der Waals surface area contributed by atoms with E-state index in [4.69, 9.17) is 5.73 Å². The summed E-state index contributed by atoms with van der Waals surface area (Å²) in [6, 6.07) is 1.31. The van der Waals surface area contributed by atoms with Gasteiger partial charge in [0, 0.05) is 30.4 Å². The Morgan fingerprint density at radius 2 is 1.94 bits per heavy atom. The minimum atomic E-state index is -4.48. The number of hydrogen-bond donors (Lipinski definition) is 2. The topological polar surface area (TPSA) is 84.1 Å². The van der Waals surface area contributed by atoms with E-state index in [0.29, 0.717) is 29.2 Å².